The van der Waals surface area contributed by atoms with Crippen LogP contribution in [0.25, 0.3) is 11.4 Å². The minimum absolute atomic E-state index is 0.264. The van der Waals surface area contributed by atoms with Crippen LogP contribution in [0.5, 0.6) is 0 Å². The second-order valence-electron chi connectivity index (χ2n) is 5.28. The van der Waals surface area contributed by atoms with Crippen LogP contribution in [0.2, 0.25) is 0 Å². The highest BCUT2D eigenvalue weighted by molar-refractivity contribution is 5.55. The van der Waals surface area contributed by atoms with Gasteiger partial charge >= 0.3 is 6.18 Å². The fourth-order valence-corrected chi connectivity index (χ4v) is 2.22. The Hall–Kier alpha value is -2.83. The predicted molar refractivity (Wildman–Crippen MR) is 83.3 cm³/mol. The van der Waals surface area contributed by atoms with Gasteiger partial charge in [0.05, 0.1) is 12.1 Å². The maximum Gasteiger partial charge on any atom is 0.416 e. The highest BCUT2D eigenvalue weighted by atomic mass is 19.4. The van der Waals surface area contributed by atoms with Crippen molar-refractivity contribution in [3.05, 3.63) is 66.1 Å². The molecule has 0 aliphatic heterocycles. The number of nitrogens with zero attached hydrogens (tertiary/aromatic N) is 3. The molecular weight excluding hydrogens is 319 g/mol. The van der Waals surface area contributed by atoms with Crippen molar-refractivity contribution >= 4 is 5.69 Å². The highest BCUT2D eigenvalue weighted by Gasteiger charge is 2.30. The minimum atomic E-state index is -4.36. The smallest absolute Gasteiger partial charge is 0.365 e. The molecule has 0 radical (unpaired) electrons. The lowest BCUT2D eigenvalue weighted by molar-refractivity contribution is -0.137. The molecule has 4 nitrogen and oxygen atoms in total. The lowest BCUT2D eigenvalue weighted by Gasteiger charge is -2.16. The molecule has 124 valence electrons. The summed E-state index contributed by atoms with van der Waals surface area (Å²) in [5, 5.41) is 3.83. The van der Waals surface area contributed by atoms with Crippen molar-refractivity contribution in [3.63, 3.8) is 0 Å². The topological polar surface area (TPSA) is 42.2 Å². The summed E-state index contributed by atoms with van der Waals surface area (Å²) in [4.78, 5) is 6.17. The number of benzene rings is 2. The number of alkyl halides is 3. The van der Waals surface area contributed by atoms with Crippen molar-refractivity contribution in [1.82, 2.24) is 10.1 Å². The molecule has 2 aromatic carbocycles. The standard InChI is InChI=1S/C17H14F3N3O/c1-23(14-5-3-2-4-6-14)11-15-21-16(22-24-15)12-7-9-13(10-8-12)17(18,19)20/h2-10H,11H2,1H3. The van der Waals surface area contributed by atoms with Crippen LogP contribution in [-0.2, 0) is 12.7 Å². The first-order valence-electron chi connectivity index (χ1n) is 7.20. The van der Waals surface area contributed by atoms with Crippen LogP contribution in [0.1, 0.15) is 11.5 Å². The Morgan fingerprint density at radius 1 is 1.00 bits per heavy atom. The van der Waals surface area contributed by atoms with Gasteiger partial charge in [-0.3, -0.25) is 0 Å². The molecule has 0 saturated heterocycles. The predicted octanol–water partition coefficient (Wildman–Crippen LogP) is 4.39. The quantitative estimate of drug-likeness (QED) is 0.710. The van der Waals surface area contributed by atoms with Gasteiger partial charge in [-0.05, 0) is 24.3 Å². The Balaban J connectivity index is 1.74. The van der Waals surface area contributed by atoms with E-state index < -0.39 is 11.7 Å². The molecule has 3 rings (SSSR count). The van der Waals surface area contributed by atoms with Gasteiger partial charge in [-0.1, -0.05) is 35.5 Å². The summed E-state index contributed by atoms with van der Waals surface area (Å²) >= 11 is 0. The first kappa shape index (κ1) is 16.0. The summed E-state index contributed by atoms with van der Waals surface area (Å²) in [6, 6.07) is 14.3. The van der Waals surface area contributed by atoms with Gasteiger partial charge in [0.1, 0.15) is 0 Å². The van der Waals surface area contributed by atoms with Gasteiger partial charge < -0.3 is 9.42 Å². The Morgan fingerprint density at radius 2 is 1.67 bits per heavy atom. The average molecular weight is 333 g/mol. The van der Waals surface area contributed by atoms with E-state index in [0.29, 0.717) is 18.0 Å². The SMILES string of the molecule is CN(Cc1nc(-c2ccc(C(F)(F)F)cc2)no1)c1ccccc1. The largest absolute Gasteiger partial charge is 0.416 e. The van der Waals surface area contributed by atoms with Gasteiger partial charge in [-0.15, -0.1) is 0 Å². The number of hydrogen-bond acceptors (Lipinski definition) is 4. The first-order chi connectivity index (χ1) is 11.4. The second kappa shape index (κ2) is 6.35. The molecule has 0 N–H and O–H groups in total. The lowest BCUT2D eigenvalue weighted by atomic mass is 10.1. The Bertz CT molecular complexity index is 798. The van der Waals surface area contributed by atoms with E-state index in [2.05, 4.69) is 10.1 Å². The van der Waals surface area contributed by atoms with Crippen LogP contribution >= 0.6 is 0 Å². The maximum absolute atomic E-state index is 12.6. The fourth-order valence-electron chi connectivity index (χ4n) is 2.22. The number of halogens is 3. The Morgan fingerprint density at radius 3 is 2.29 bits per heavy atom. The average Bonchev–Trinajstić information content (AvgIpc) is 3.03. The Kier molecular flexibility index (Phi) is 4.24. The summed E-state index contributed by atoms with van der Waals surface area (Å²) in [6.45, 7) is 0.400. The zero-order chi connectivity index (χ0) is 17.2. The molecule has 0 aliphatic carbocycles. The number of para-hydroxylation sites is 1. The maximum atomic E-state index is 12.6. The molecule has 1 aromatic heterocycles. The first-order valence-corrected chi connectivity index (χ1v) is 7.20. The molecule has 7 heteroatoms. The molecule has 0 fully saturated rings. The molecule has 0 amide bonds. The van der Waals surface area contributed by atoms with E-state index in [1.807, 2.05) is 42.3 Å². The van der Waals surface area contributed by atoms with Crippen molar-refractivity contribution in [1.29, 1.82) is 0 Å². The van der Waals surface area contributed by atoms with E-state index in [9.17, 15) is 13.2 Å². The summed E-state index contributed by atoms with van der Waals surface area (Å²) in [6.07, 6.45) is -4.36. The summed E-state index contributed by atoms with van der Waals surface area (Å²) in [7, 11) is 1.89. The monoisotopic (exact) mass is 333 g/mol. The van der Waals surface area contributed by atoms with Gasteiger partial charge in [0.25, 0.3) is 0 Å². The Labute approximate surface area is 136 Å². The normalized spacial score (nSPS) is 11.5. The number of hydrogen-bond donors (Lipinski definition) is 0. The van der Waals surface area contributed by atoms with Crippen molar-refractivity contribution in [2.45, 2.75) is 12.7 Å². The van der Waals surface area contributed by atoms with Gasteiger partial charge in [0.2, 0.25) is 11.7 Å². The number of aromatic nitrogens is 2. The van der Waals surface area contributed by atoms with Gasteiger partial charge in [-0.2, -0.15) is 18.2 Å². The molecule has 1 heterocycles. The van der Waals surface area contributed by atoms with Crippen molar-refractivity contribution in [3.8, 4) is 11.4 Å². The van der Waals surface area contributed by atoms with E-state index in [4.69, 9.17) is 4.52 Å². The van der Waals surface area contributed by atoms with E-state index in [1.54, 1.807) is 0 Å². The third-order valence-electron chi connectivity index (χ3n) is 3.51. The zero-order valence-corrected chi connectivity index (χ0v) is 12.8. The fraction of sp³-hybridized carbons (Fsp3) is 0.176. The summed E-state index contributed by atoms with van der Waals surface area (Å²) in [5.74, 6) is 0.649. The lowest BCUT2D eigenvalue weighted by Crippen LogP contribution is -2.16. The molecule has 0 bridgehead atoms. The van der Waals surface area contributed by atoms with Crippen molar-refractivity contribution < 1.29 is 17.7 Å². The van der Waals surface area contributed by atoms with Crippen molar-refractivity contribution in [2.75, 3.05) is 11.9 Å². The van der Waals surface area contributed by atoms with E-state index in [1.165, 1.54) is 12.1 Å². The number of rotatable bonds is 4. The molecule has 0 atom stereocenters. The van der Waals surface area contributed by atoms with E-state index in [0.717, 1.165) is 17.8 Å². The minimum Gasteiger partial charge on any atom is -0.365 e. The molecular formula is C17H14F3N3O. The summed E-state index contributed by atoms with van der Waals surface area (Å²) in [5.41, 5.74) is 0.755. The van der Waals surface area contributed by atoms with E-state index >= 15 is 0 Å². The molecule has 0 aliphatic rings. The highest BCUT2D eigenvalue weighted by Crippen LogP contribution is 2.30. The van der Waals surface area contributed by atoms with Gasteiger partial charge in [0, 0.05) is 18.3 Å². The molecule has 3 aromatic rings. The van der Waals surface area contributed by atoms with Crippen LogP contribution in [0.4, 0.5) is 18.9 Å². The molecule has 24 heavy (non-hydrogen) atoms. The summed E-state index contributed by atoms with van der Waals surface area (Å²) < 4.78 is 42.9. The molecule has 0 saturated carbocycles. The van der Waals surface area contributed by atoms with Crippen LogP contribution in [0.15, 0.2) is 59.1 Å². The van der Waals surface area contributed by atoms with Gasteiger partial charge in [0.15, 0.2) is 0 Å². The third-order valence-corrected chi connectivity index (χ3v) is 3.51. The molecule has 0 spiro atoms. The molecule has 0 unspecified atom stereocenters. The van der Waals surface area contributed by atoms with Crippen LogP contribution in [0, 0.1) is 0 Å². The van der Waals surface area contributed by atoms with Gasteiger partial charge in [-0.25, -0.2) is 0 Å². The number of anilines is 1. The zero-order valence-electron chi connectivity index (χ0n) is 12.8. The van der Waals surface area contributed by atoms with Crippen LogP contribution in [-0.4, -0.2) is 17.2 Å². The van der Waals surface area contributed by atoms with E-state index in [-0.39, 0.29) is 5.82 Å². The van der Waals surface area contributed by atoms with Crippen molar-refractivity contribution in [2.24, 2.45) is 0 Å². The second-order valence-corrected chi connectivity index (χ2v) is 5.28. The van der Waals surface area contributed by atoms with Crippen LogP contribution < -0.4 is 4.90 Å². The van der Waals surface area contributed by atoms with Crippen LogP contribution in [0.3, 0.4) is 0 Å². The third kappa shape index (κ3) is 3.56.